The average molecular weight is 317 g/mol. The molecule has 2 aromatic carbocycles. The quantitative estimate of drug-likeness (QED) is 0.483. The van der Waals surface area contributed by atoms with Gasteiger partial charge in [-0.1, -0.05) is 29.8 Å². The van der Waals surface area contributed by atoms with Gasteiger partial charge in [0.1, 0.15) is 5.56 Å². The number of imide groups is 1. The summed E-state index contributed by atoms with van der Waals surface area (Å²) in [7, 11) is 0. The maximum Gasteiger partial charge on any atom is 0.283 e. The summed E-state index contributed by atoms with van der Waals surface area (Å²) in [6.07, 6.45) is 0. The van der Waals surface area contributed by atoms with E-state index in [0.717, 1.165) is 4.90 Å². The molecule has 0 aliphatic carbocycles. The highest BCUT2D eigenvalue weighted by molar-refractivity contribution is 6.40. The highest BCUT2D eigenvalue weighted by Gasteiger charge is 2.42. The summed E-state index contributed by atoms with van der Waals surface area (Å²) in [5, 5.41) is 11.3. The number of nitrogens with zero attached hydrogens (tertiary/aromatic N) is 2. The predicted molar refractivity (Wildman–Crippen MR) is 80.4 cm³/mol. The van der Waals surface area contributed by atoms with E-state index in [0.29, 0.717) is 5.56 Å². The number of amides is 2. The molecule has 2 amide bonds. The molecular weight excluding hydrogens is 308 g/mol. The Morgan fingerprint density at radius 3 is 2.41 bits per heavy atom. The van der Waals surface area contributed by atoms with Gasteiger partial charge in [-0.25, -0.2) is 4.90 Å². The molecule has 1 aliphatic rings. The summed E-state index contributed by atoms with van der Waals surface area (Å²) in [4.78, 5) is 36.4. The molecule has 0 radical (unpaired) electrons. The second kappa shape index (κ2) is 4.92. The van der Waals surface area contributed by atoms with Crippen molar-refractivity contribution in [2.75, 3.05) is 4.90 Å². The number of hydrogen-bond donors (Lipinski definition) is 0. The van der Waals surface area contributed by atoms with E-state index in [1.807, 2.05) is 0 Å². The van der Waals surface area contributed by atoms with Crippen LogP contribution in [0.1, 0.15) is 26.3 Å². The largest absolute Gasteiger partial charge is 0.283 e. The smallest absolute Gasteiger partial charge is 0.268 e. The Morgan fingerprint density at radius 1 is 1.09 bits per heavy atom. The van der Waals surface area contributed by atoms with Gasteiger partial charge in [0.15, 0.2) is 0 Å². The number of nitro groups is 1. The summed E-state index contributed by atoms with van der Waals surface area (Å²) in [5.41, 5.74) is 0.313. The molecule has 1 heterocycles. The predicted octanol–water partition coefficient (Wildman–Crippen LogP) is 3.36. The van der Waals surface area contributed by atoms with E-state index >= 15 is 0 Å². The summed E-state index contributed by atoms with van der Waals surface area (Å²) in [6, 6.07) is 8.94. The maximum absolute atomic E-state index is 12.6. The molecule has 0 unspecified atom stereocenters. The number of para-hydroxylation sites is 1. The van der Waals surface area contributed by atoms with Crippen LogP contribution in [0.25, 0.3) is 0 Å². The monoisotopic (exact) mass is 316 g/mol. The van der Waals surface area contributed by atoms with E-state index in [2.05, 4.69) is 0 Å². The van der Waals surface area contributed by atoms with Gasteiger partial charge in [-0.3, -0.25) is 19.7 Å². The number of nitro benzene ring substituents is 1. The second-order valence-electron chi connectivity index (χ2n) is 4.81. The molecule has 0 spiro atoms. The third-order valence-corrected chi connectivity index (χ3v) is 3.81. The van der Waals surface area contributed by atoms with Crippen LogP contribution in [-0.2, 0) is 0 Å². The zero-order chi connectivity index (χ0) is 16.0. The summed E-state index contributed by atoms with van der Waals surface area (Å²) >= 11 is 6.11. The average Bonchev–Trinajstić information content (AvgIpc) is 2.72. The highest BCUT2D eigenvalue weighted by Crippen LogP contribution is 2.38. The minimum atomic E-state index is -0.733. The lowest BCUT2D eigenvalue weighted by Crippen LogP contribution is -2.30. The van der Waals surface area contributed by atoms with Crippen LogP contribution < -0.4 is 4.90 Å². The molecule has 0 N–H and O–H groups in total. The Hall–Kier alpha value is -2.73. The van der Waals surface area contributed by atoms with Gasteiger partial charge in [0.25, 0.3) is 17.5 Å². The Kier molecular flexibility index (Phi) is 3.18. The maximum atomic E-state index is 12.6. The van der Waals surface area contributed by atoms with Gasteiger partial charge in [0.2, 0.25) is 0 Å². The molecule has 0 saturated carbocycles. The molecule has 6 nitrogen and oxygen atoms in total. The number of fused-ring (bicyclic) bond motifs is 1. The summed E-state index contributed by atoms with van der Waals surface area (Å²) in [6.45, 7) is 1.71. The van der Waals surface area contributed by atoms with Crippen molar-refractivity contribution in [2.24, 2.45) is 0 Å². The molecule has 0 fully saturated rings. The van der Waals surface area contributed by atoms with Crippen LogP contribution in [0.5, 0.6) is 0 Å². The van der Waals surface area contributed by atoms with Gasteiger partial charge in [-0.2, -0.15) is 0 Å². The van der Waals surface area contributed by atoms with Crippen molar-refractivity contribution in [2.45, 2.75) is 6.92 Å². The van der Waals surface area contributed by atoms with Gasteiger partial charge in [-0.15, -0.1) is 0 Å². The standard InChI is InChI=1S/C15H9ClN2O4/c1-8-4-2-6-10(16)13(8)17-14(19)9-5-3-7-11(18(21)22)12(9)15(17)20/h2-7H,1H3. The number of aryl methyl sites for hydroxylation is 1. The van der Waals surface area contributed by atoms with Crippen molar-refractivity contribution in [3.8, 4) is 0 Å². The topological polar surface area (TPSA) is 80.5 Å². The second-order valence-corrected chi connectivity index (χ2v) is 5.22. The fraction of sp³-hybridized carbons (Fsp3) is 0.0667. The number of anilines is 1. The molecule has 0 aromatic heterocycles. The van der Waals surface area contributed by atoms with E-state index in [-0.39, 0.29) is 27.5 Å². The van der Waals surface area contributed by atoms with Crippen molar-refractivity contribution >= 4 is 34.8 Å². The van der Waals surface area contributed by atoms with Gasteiger partial charge in [-0.05, 0) is 24.6 Å². The first-order valence-corrected chi connectivity index (χ1v) is 6.72. The lowest BCUT2D eigenvalue weighted by Gasteiger charge is -2.17. The Labute approximate surface area is 130 Å². The minimum absolute atomic E-state index is 0.0125. The fourth-order valence-corrected chi connectivity index (χ4v) is 2.84. The third kappa shape index (κ3) is 1.88. The highest BCUT2D eigenvalue weighted by atomic mass is 35.5. The van der Waals surface area contributed by atoms with Crippen LogP contribution in [-0.4, -0.2) is 16.7 Å². The molecular formula is C15H9ClN2O4. The van der Waals surface area contributed by atoms with E-state index < -0.39 is 16.7 Å². The van der Waals surface area contributed by atoms with Crippen molar-refractivity contribution in [1.29, 1.82) is 0 Å². The van der Waals surface area contributed by atoms with Gasteiger partial charge in [0, 0.05) is 6.07 Å². The third-order valence-electron chi connectivity index (χ3n) is 3.50. The van der Waals surface area contributed by atoms with Crippen molar-refractivity contribution in [3.05, 3.63) is 68.2 Å². The molecule has 3 rings (SSSR count). The molecule has 0 atom stereocenters. The minimum Gasteiger partial charge on any atom is -0.268 e. The first kappa shape index (κ1) is 14.2. The first-order chi connectivity index (χ1) is 10.4. The Morgan fingerprint density at radius 2 is 1.77 bits per heavy atom. The van der Waals surface area contributed by atoms with E-state index in [1.54, 1.807) is 25.1 Å². The number of carbonyl (C=O) groups excluding carboxylic acids is 2. The molecule has 1 aliphatic heterocycles. The number of hydrogen-bond acceptors (Lipinski definition) is 4. The molecule has 2 aromatic rings. The number of carbonyl (C=O) groups is 2. The van der Waals surface area contributed by atoms with Crippen molar-refractivity contribution < 1.29 is 14.5 Å². The van der Waals surface area contributed by atoms with E-state index in [1.165, 1.54) is 18.2 Å². The fourth-order valence-electron chi connectivity index (χ4n) is 2.53. The molecule has 110 valence electrons. The SMILES string of the molecule is Cc1cccc(Cl)c1N1C(=O)c2cccc([N+](=O)[O-])c2C1=O. The zero-order valence-corrected chi connectivity index (χ0v) is 12.1. The van der Waals surface area contributed by atoms with Gasteiger partial charge < -0.3 is 0 Å². The van der Waals surface area contributed by atoms with Gasteiger partial charge >= 0.3 is 0 Å². The Bertz CT molecular complexity index is 827. The van der Waals surface area contributed by atoms with Crippen molar-refractivity contribution in [3.63, 3.8) is 0 Å². The Balaban J connectivity index is 2.24. The molecule has 0 saturated heterocycles. The van der Waals surface area contributed by atoms with Gasteiger partial charge in [0.05, 0.1) is 21.2 Å². The van der Waals surface area contributed by atoms with E-state index in [9.17, 15) is 19.7 Å². The number of halogens is 1. The first-order valence-electron chi connectivity index (χ1n) is 6.34. The van der Waals surface area contributed by atoms with Crippen LogP contribution in [0.4, 0.5) is 11.4 Å². The molecule has 0 bridgehead atoms. The van der Waals surface area contributed by atoms with Crippen LogP contribution in [0.2, 0.25) is 5.02 Å². The lowest BCUT2D eigenvalue weighted by atomic mass is 10.1. The molecule has 22 heavy (non-hydrogen) atoms. The number of rotatable bonds is 2. The number of benzene rings is 2. The zero-order valence-electron chi connectivity index (χ0n) is 11.4. The normalized spacial score (nSPS) is 13.5. The van der Waals surface area contributed by atoms with E-state index in [4.69, 9.17) is 11.6 Å². The van der Waals surface area contributed by atoms with Crippen LogP contribution in [0.15, 0.2) is 36.4 Å². The summed E-state index contributed by atoms with van der Waals surface area (Å²) < 4.78 is 0. The van der Waals surface area contributed by atoms with Crippen LogP contribution >= 0.6 is 11.6 Å². The van der Waals surface area contributed by atoms with Crippen LogP contribution in [0.3, 0.4) is 0 Å². The van der Waals surface area contributed by atoms with Crippen LogP contribution in [0, 0.1) is 17.0 Å². The van der Waals surface area contributed by atoms with Crippen molar-refractivity contribution in [1.82, 2.24) is 0 Å². The lowest BCUT2D eigenvalue weighted by molar-refractivity contribution is -0.385. The molecule has 7 heteroatoms. The summed E-state index contributed by atoms with van der Waals surface area (Å²) in [5.74, 6) is -1.34.